The fourth-order valence-corrected chi connectivity index (χ4v) is 2.79. The zero-order valence-corrected chi connectivity index (χ0v) is 10.3. The Bertz CT molecular complexity index is 510. The minimum atomic E-state index is -1.24. The first-order chi connectivity index (χ1) is 9.16. The molecule has 102 valence electrons. The molecule has 4 nitrogen and oxygen atoms in total. The Labute approximate surface area is 109 Å². The summed E-state index contributed by atoms with van der Waals surface area (Å²) in [7, 11) is 0. The van der Waals surface area contributed by atoms with Crippen molar-refractivity contribution in [2.45, 2.75) is 17.8 Å². The molecular formula is C13H15F2N3O. The van der Waals surface area contributed by atoms with E-state index in [0.29, 0.717) is 6.54 Å². The van der Waals surface area contributed by atoms with E-state index in [2.05, 4.69) is 10.3 Å². The minimum Gasteiger partial charge on any atom is -0.376 e. The first-order valence-electron chi connectivity index (χ1n) is 6.19. The first kappa shape index (κ1) is 12.5. The van der Waals surface area contributed by atoms with Gasteiger partial charge in [-0.1, -0.05) is 18.2 Å². The summed E-state index contributed by atoms with van der Waals surface area (Å²) >= 11 is 0. The molecule has 2 heterocycles. The Hall–Kier alpha value is -1.53. The highest BCUT2D eigenvalue weighted by Gasteiger charge is 2.46. The van der Waals surface area contributed by atoms with Crippen LogP contribution in [0, 0.1) is 5.82 Å². The SMILES string of the molecule is OC1NC(CF)(c2ccccc2F)CN2C=NCC12. The number of piperazine rings is 1. The second-order valence-electron chi connectivity index (χ2n) is 5.01. The van der Waals surface area contributed by atoms with Crippen LogP contribution in [0.5, 0.6) is 0 Å². The third kappa shape index (κ3) is 1.91. The molecule has 6 heteroatoms. The molecule has 0 aromatic heterocycles. The van der Waals surface area contributed by atoms with E-state index in [1.165, 1.54) is 6.07 Å². The van der Waals surface area contributed by atoms with Crippen molar-refractivity contribution in [3.05, 3.63) is 35.6 Å². The number of hydrogen-bond donors (Lipinski definition) is 2. The lowest BCUT2D eigenvalue weighted by atomic mass is 9.87. The second-order valence-corrected chi connectivity index (χ2v) is 5.01. The molecule has 0 bridgehead atoms. The molecule has 1 fully saturated rings. The molecule has 3 unspecified atom stereocenters. The van der Waals surface area contributed by atoms with E-state index >= 15 is 0 Å². The van der Waals surface area contributed by atoms with Crippen molar-refractivity contribution in [2.24, 2.45) is 4.99 Å². The Kier molecular flexibility index (Phi) is 2.99. The molecule has 2 aliphatic heterocycles. The van der Waals surface area contributed by atoms with Crippen molar-refractivity contribution in [1.82, 2.24) is 10.2 Å². The van der Waals surface area contributed by atoms with Crippen LogP contribution < -0.4 is 5.32 Å². The minimum absolute atomic E-state index is 0.202. The monoisotopic (exact) mass is 267 g/mol. The summed E-state index contributed by atoms with van der Waals surface area (Å²) in [4.78, 5) is 5.85. The smallest absolute Gasteiger partial charge is 0.128 e. The van der Waals surface area contributed by atoms with Gasteiger partial charge in [-0.2, -0.15) is 0 Å². The van der Waals surface area contributed by atoms with Gasteiger partial charge in [0.25, 0.3) is 0 Å². The van der Waals surface area contributed by atoms with E-state index in [4.69, 9.17) is 0 Å². The third-order valence-electron chi connectivity index (χ3n) is 3.81. The third-order valence-corrected chi connectivity index (χ3v) is 3.81. The molecule has 0 spiro atoms. The number of fused-ring (bicyclic) bond motifs is 1. The van der Waals surface area contributed by atoms with Crippen molar-refractivity contribution in [2.75, 3.05) is 19.8 Å². The maximum Gasteiger partial charge on any atom is 0.128 e. The van der Waals surface area contributed by atoms with E-state index in [1.807, 2.05) is 0 Å². The van der Waals surface area contributed by atoms with Crippen LogP contribution in [0.1, 0.15) is 5.56 Å². The summed E-state index contributed by atoms with van der Waals surface area (Å²) in [5.41, 5.74) is -1.01. The molecular weight excluding hydrogens is 252 g/mol. The van der Waals surface area contributed by atoms with Gasteiger partial charge < -0.3 is 10.0 Å². The first-order valence-corrected chi connectivity index (χ1v) is 6.19. The molecule has 3 rings (SSSR count). The predicted molar refractivity (Wildman–Crippen MR) is 67.0 cm³/mol. The molecule has 1 saturated heterocycles. The van der Waals surface area contributed by atoms with Crippen LogP contribution in [0.25, 0.3) is 0 Å². The average molecular weight is 267 g/mol. The highest BCUT2D eigenvalue weighted by atomic mass is 19.1. The van der Waals surface area contributed by atoms with Crippen molar-refractivity contribution in [3.8, 4) is 0 Å². The largest absolute Gasteiger partial charge is 0.376 e. The summed E-state index contributed by atoms with van der Waals surface area (Å²) in [6.07, 6.45) is 0.659. The van der Waals surface area contributed by atoms with Crippen LogP contribution >= 0.6 is 0 Å². The zero-order valence-electron chi connectivity index (χ0n) is 10.3. The van der Waals surface area contributed by atoms with Gasteiger partial charge in [0, 0.05) is 12.1 Å². The number of nitrogens with zero attached hydrogens (tertiary/aromatic N) is 2. The van der Waals surface area contributed by atoms with Gasteiger partial charge in [0.05, 0.1) is 24.5 Å². The number of rotatable bonds is 2. The molecule has 0 radical (unpaired) electrons. The van der Waals surface area contributed by atoms with E-state index in [1.54, 1.807) is 29.4 Å². The molecule has 3 atom stereocenters. The van der Waals surface area contributed by atoms with Gasteiger partial charge in [-0.05, 0) is 6.07 Å². The van der Waals surface area contributed by atoms with Crippen LogP contribution in [0.4, 0.5) is 8.78 Å². The summed E-state index contributed by atoms with van der Waals surface area (Å²) in [6.45, 7) is -0.0917. The number of benzene rings is 1. The normalized spacial score (nSPS) is 33.5. The van der Waals surface area contributed by atoms with E-state index in [-0.39, 0.29) is 18.2 Å². The summed E-state index contributed by atoms with van der Waals surface area (Å²) in [6, 6.07) is 5.86. The number of halogens is 2. The zero-order chi connectivity index (χ0) is 13.5. The van der Waals surface area contributed by atoms with Crippen molar-refractivity contribution >= 4 is 6.34 Å². The highest BCUT2D eigenvalue weighted by Crippen LogP contribution is 2.31. The number of aliphatic hydroxyl groups is 1. The maximum atomic E-state index is 13.9. The Balaban J connectivity index is 2.00. The highest BCUT2D eigenvalue weighted by molar-refractivity contribution is 5.59. The van der Waals surface area contributed by atoms with Crippen LogP contribution in [-0.2, 0) is 5.54 Å². The Morgan fingerprint density at radius 1 is 1.47 bits per heavy atom. The maximum absolute atomic E-state index is 13.9. The molecule has 2 aliphatic rings. The quantitative estimate of drug-likeness (QED) is 0.826. The van der Waals surface area contributed by atoms with Gasteiger partial charge in [-0.15, -0.1) is 0 Å². The number of hydrogen-bond acceptors (Lipinski definition) is 4. The van der Waals surface area contributed by atoms with Crippen molar-refractivity contribution < 1.29 is 13.9 Å². The van der Waals surface area contributed by atoms with Crippen molar-refractivity contribution in [3.63, 3.8) is 0 Å². The van der Waals surface area contributed by atoms with Gasteiger partial charge in [0.2, 0.25) is 0 Å². The lowest BCUT2D eigenvalue weighted by Crippen LogP contribution is -2.67. The van der Waals surface area contributed by atoms with Crippen LogP contribution in [-0.4, -0.2) is 48.4 Å². The number of nitrogens with one attached hydrogen (secondary N) is 1. The molecule has 0 amide bonds. The van der Waals surface area contributed by atoms with Crippen LogP contribution in [0.15, 0.2) is 29.3 Å². The number of alkyl halides is 1. The fourth-order valence-electron chi connectivity index (χ4n) is 2.79. The summed E-state index contributed by atoms with van der Waals surface area (Å²) in [5, 5.41) is 12.9. The standard InChI is InChI=1S/C13H15F2N3O/c14-6-13(9-3-1-2-4-10(9)15)7-18-8-16-5-11(18)12(19)17-13/h1-4,8,11-12,17,19H,5-7H2. The van der Waals surface area contributed by atoms with Crippen LogP contribution in [0.2, 0.25) is 0 Å². The summed E-state index contributed by atoms with van der Waals surface area (Å²) < 4.78 is 27.6. The lowest BCUT2D eigenvalue weighted by Gasteiger charge is -2.46. The number of aliphatic hydroxyl groups excluding tert-OH is 1. The second kappa shape index (κ2) is 4.54. The lowest BCUT2D eigenvalue weighted by molar-refractivity contribution is -0.0241. The Morgan fingerprint density at radius 2 is 2.26 bits per heavy atom. The average Bonchev–Trinajstić information content (AvgIpc) is 2.87. The van der Waals surface area contributed by atoms with Crippen LogP contribution in [0.3, 0.4) is 0 Å². The van der Waals surface area contributed by atoms with Crippen molar-refractivity contribution in [1.29, 1.82) is 0 Å². The van der Waals surface area contributed by atoms with Gasteiger partial charge >= 0.3 is 0 Å². The molecule has 0 saturated carbocycles. The molecule has 2 N–H and O–H groups in total. The fraction of sp³-hybridized carbons (Fsp3) is 0.462. The molecule has 1 aromatic carbocycles. The number of aliphatic imine (C=N–C) groups is 1. The molecule has 19 heavy (non-hydrogen) atoms. The predicted octanol–water partition coefficient (Wildman–Crippen LogP) is 0.625. The summed E-state index contributed by atoms with van der Waals surface area (Å²) in [5.74, 6) is -0.477. The van der Waals surface area contributed by atoms with E-state index in [9.17, 15) is 13.9 Å². The van der Waals surface area contributed by atoms with Gasteiger partial charge in [0.15, 0.2) is 0 Å². The van der Waals surface area contributed by atoms with Gasteiger partial charge in [0.1, 0.15) is 18.7 Å². The molecule has 1 aromatic rings. The van der Waals surface area contributed by atoms with Gasteiger partial charge in [-0.25, -0.2) is 8.78 Å². The Morgan fingerprint density at radius 3 is 3.00 bits per heavy atom. The topological polar surface area (TPSA) is 47.9 Å². The van der Waals surface area contributed by atoms with E-state index < -0.39 is 24.3 Å². The molecule has 0 aliphatic carbocycles. The van der Waals surface area contributed by atoms with Gasteiger partial charge in [-0.3, -0.25) is 10.3 Å². The van der Waals surface area contributed by atoms with E-state index in [0.717, 1.165) is 0 Å².